The summed E-state index contributed by atoms with van der Waals surface area (Å²) >= 11 is 0. The van der Waals surface area contributed by atoms with Crippen LogP contribution < -0.4 is 5.32 Å². The van der Waals surface area contributed by atoms with Crippen molar-refractivity contribution in [2.24, 2.45) is 0 Å². The van der Waals surface area contributed by atoms with Gasteiger partial charge < -0.3 is 19.6 Å². The Morgan fingerprint density at radius 3 is 2.33 bits per heavy atom. The number of carbonyl (C=O) groups excluding carboxylic acids is 1. The lowest BCUT2D eigenvalue weighted by atomic mass is 9.98. The summed E-state index contributed by atoms with van der Waals surface area (Å²) in [5.41, 5.74) is 5.54. The predicted molar refractivity (Wildman–Crippen MR) is 101 cm³/mol. The summed E-state index contributed by atoms with van der Waals surface area (Å²) in [6.45, 7) is 0.219. The van der Waals surface area contributed by atoms with Crippen LogP contribution in [0.15, 0.2) is 71.5 Å². The first-order valence-corrected chi connectivity index (χ1v) is 9.02. The van der Waals surface area contributed by atoms with Crippen molar-refractivity contribution in [2.45, 2.75) is 18.4 Å². The Hall–Kier alpha value is -3.05. The summed E-state index contributed by atoms with van der Waals surface area (Å²) in [6.07, 6.45) is 2.99. The molecule has 1 aliphatic rings. The van der Waals surface area contributed by atoms with E-state index in [4.69, 9.17) is 9.15 Å². The smallest absolute Gasteiger partial charge is 0.407 e. The maximum atomic E-state index is 12.4. The molecule has 0 radical (unpaired) electrons. The SMILES string of the molecule is O=C(N[C@@H](CCO)c1ccoc1)OCC1c2ccccc2-c2ccccc21. The van der Waals surface area contributed by atoms with Gasteiger partial charge in [0.15, 0.2) is 0 Å². The minimum atomic E-state index is -0.503. The molecule has 1 aromatic heterocycles. The van der Waals surface area contributed by atoms with Crippen LogP contribution in [0.5, 0.6) is 0 Å². The highest BCUT2D eigenvalue weighted by Gasteiger charge is 2.29. The summed E-state index contributed by atoms with van der Waals surface area (Å²) in [4.78, 5) is 12.4. The van der Waals surface area contributed by atoms with Crippen molar-refractivity contribution in [3.8, 4) is 11.1 Å². The number of rotatable bonds is 6. The molecular weight excluding hydrogens is 342 g/mol. The maximum absolute atomic E-state index is 12.4. The topological polar surface area (TPSA) is 71.7 Å². The average molecular weight is 363 g/mol. The van der Waals surface area contributed by atoms with E-state index < -0.39 is 6.09 Å². The van der Waals surface area contributed by atoms with E-state index in [0.717, 1.165) is 5.56 Å². The molecule has 1 amide bonds. The second kappa shape index (κ2) is 7.68. The Morgan fingerprint density at radius 2 is 1.74 bits per heavy atom. The van der Waals surface area contributed by atoms with Gasteiger partial charge in [-0.1, -0.05) is 48.5 Å². The quantitative estimate of drug-likeness (QED) is 0.687. The highest BCUT2D eigenvalue weighted by molar-refractivity contribution is 5.79. The van der Waals surface area contributed by atoms with Crippen LogP contribution >= 0.6 is 0 Å². The standard InChI is InChI=1S/C22H21NO4/c24-11-9-21(15-10-12-26-13-15)23-22(25)27-14-20-18-7-3-1-5-16(18)17-6-2-4-8-19(17)20/h1-8,10,12-13,20-21,24H,9,11,14H2,(H,23,25)/t21-/m0/s1. The van der Waals surface area contributed by atoms with E-state index in [2.05, 4.69) is 29.6 Å². The number of aliphatic hydroxyl groups excluding tert-OH is 1. The lowest BCUT2D eigenvalue weighted by Gasteiger charge is -2.18. The van der Waals surface area contributed by atoms with Crippen molar-refractivity contribution in [1.82, 2.24) is 5.32 Å². The van der Waals surface area contributed by atoms with Gasteiger partial charge in [-0.3, -0.25) is 0 Å². The number of alkyl carbamates (subject to hydrolysis) is 1. The summed E-state index contributed by atoms with van der Waals surface area (Å²) in [7, 11) is 0. The van der Waals surface area contributed by atoms with E-state index >= 15 is 0 Å². The largest absolute Gasteiger partial charge is 0.472 e. The summed E-state index contributed by atoms with van der Waals surface area (Å²) in [5.74, 6) is 0.0216. The minimum Gasteiger partial charge on any atom is -0.472 e. The molecule has 5 heteroatoms. The molecule has 5 nitrogen and oxygen atoms in total. The molecule has 1 aliphatic carbocycles. The number of hydrogen-bond acceptors (Lipinski definition) is 4. The Morgan fingerprint density at radius 1 is 1.07 bits per heavy atom. The van der Waals surface area contributed by atoms with Gasteiger partial charge in [0.1, 0.15) is 6.61 Å². The van der Waals surface area contributed by atoms with Crippen molar-refractivity contribution in [2.75, 3.05) is 13.2 Å². The van der Waals surface area contributed by atoms with Gasteiger partial charge in [0.05, 0.1) is 18.6 Å². The van der Waals surface area contributed by atoms with Gasteiger partial charge in [-0.25, -0.2) is 4.79 Å². The number of benzene rings is 2. The van der Waals surface area contributed by atoms with Crippen molar-refractivity contribution >= 4 is 6.09 Å². The number of nitrogens with one attached hydrogen (secondary N) is 1. The molecule has 0 fully saturated rings. The third-order valence-corrected chi connectivity index (χ3v) is 5.00. The summed E-state index contributed by atoms with van der Waals surface area (Å²) in [6, 6.07) is 17.9. The molecule has 0 aliphatic heterocycles. The first-order chi connectivity index (χ1) is 13.3. The second-order valence-corrected chi connectivity index (χ2v) is 6.59. The van der Waals surface area contributed by atoms with Gasteiger partial charge in [0, 0.05) is 18.1 Å². The normalized spacial score (nSPS) is 13.7. The zero-order chi connectivity index (χ0) is 18.6. The monoisotopic (exact) mass is 363 g/mol. The molecule has 2 N–H and O–H groups in total. The van der Waals surface area contributed by atoms with Crippen molar-refractivity contribution < 1.29 is 19.1 Å². The van der Waals surface area contributed by atoms with E-state index in [1.807, 2.05) is 24.3 Å². The van der Waals surface area contributed by atoms with Gasteiger partial charge in [-0.15, -0.1) is 0 Å². The number of aliphatic hydroxyl groups is 1. The molecule has 2 aromatic carbocycles. The van der Waals surface area contributed by atoms with E-state index in [9.17, 15) is 9.90 Å². The first-order valence-electron chi connectivity index (χ1n) is 9.02. The van der Waals surface area contributed by atoms with Crippen LogP contribution in [0.4, 0.5) is 4.79 Å². The van der Waals surface area contributed by atoms with Gasteiger partial charge in [0.25, 0.3) is 0 Å². The Bertz CT molecular complexity index is 874. The second-order valence-electron chi connectivity index (χ2n) is 6.59. The Kier molecular flexibility index (Phi) is 4.94. The van der Waals surface area contributed by atoms with Crippen molar-refractivity contribution in [3.05, 3.63) is 83.8 Å². The predicted octanol–water partition coefficient (Wildman–Crippen LogP) is 4.24. The van der Waals surface area contributed by atoms with Crippen LogP contribution in [-0.2, 0) is 4.74 Å². The number of furan rings is 1. The molecule has 0 spiro atoms. The van der Waals surface area contributed by atoms with Gasteiger partial charge in [-0.05, 0) is 34.7 Å². The van der Waals surface area contributed by atoms with Gasteiger partial charge in [0.2, 0.25) is 0 Å². The molecule has 0 bridgehead atoms. The maximum Gasteiger partial charge on any atom is 0.407 e. The highest BCUT2D eigenvalue weighted by atomic mass is 16.5. The fraction of sp³-hybridized carbons (Fsp3) is 0.227. The average Bonchev–Trinajstić information content (AvgIpc) is 3.33. The molecule has 0 saturated carbocycles. The molecule has 1 heterocycles. The van der Waals surface area contributed by atoms with Gasteiger partial charge >= 0.3 is 6.09 Å². The highest BCUT2D eigenvalue weighted by Crippen LogP contribution is 2.44. The first kappa shape index (κ1) is 17.4. The van der Waals surface area contributed by atoms with Crippen LogP contribution in [0.1, 0.15) is 35.1 Å². The molecule has 0 unspecified atom stereocenters. The van der Waals surface area contributed by atoms with Crippen molar-refractivity contribution in [3.63, 3.8) is 0 Å². The Labute approximate surface area is 157 Å². The number of carbonyl (C=O) groups is 1. The van der Waals surface area contributed by atoms with Crippen molar-refractivity contribution in [1.29, 1.82) is 0 Å². The number of fused-ring (bicyclic) bond motifs is 3. The van der Waals surface area contributed by atoms with Gasteiger partial charge in [-0.2, -0.15) is 0 Å². The van der Waals surface area contributed by atoms with Crippen LogP contribution in [0.3, 0.4) is 0 Å². The summed E-state index contributed by atoms with van der Waals surface area (Å²) in [5, 5.41) is 12.1. The molecule has 1 atom stereocenters. The lowest BCUT2D eigenvalue weighted by Crippen LogP contribution is -2.30. The molecule has 0 saturated heterocycles. The van der Waals surface area contributed by atoms with E-state index in [0.29, 0.717) is 6.42 Å². The zero-order valence-electron chi connectivity index (χ0n) is 14.8. The van der Waals surface area contributed by atoms with E-state index in [1.165, 1.54) is 22.3 Å². The zero-order valence-corrected chi connectivity index (χ0v) is 14.8. The van der Waals surface area contributed by atoms with Crippen LogP contribution in [0.2, 0.25) is 0 Å². The number of amides is 1. The number of ether oxygens (including phenoxy) is 1. The summed E-state index contributed by atoms with van der Waals surface area (Å²) < 4.78 is 10.6. The molecule has 138 valence electrons. The molecule has 27 heavy (non-hydrogen) atoms. The van der Waals surface area contributed by atoms with Crippen LogP contribution in [-0.4, -0.2) is 24.4 Å². The fourth-order valence-corrected chi connectivity index (χ4v) is 3.71. The third-order valence-electron chi connectivity index (χ3n) is 5.00. The Balaban J connectivity index is 1.46. The fourth-order valence-electron chi connectivity index (χ4n) is 3.71. The van der Waals surface area contributed by atoms with Crippen LogP contribution in [0.25, 0.3) is 11.1 Å². The third kappa shape index (κ3) is 3.46. The lowest BCUT2D eigenvalue weighted by molar-refractivity contribution is 0.136. The molecular formula is C22H21NO4. The van der Waals surface area contributed by atoms with Crippen LogP contribution in [0, 0.1) is 0 Å². The molecule has 4 rings (SSSR count). The van der Waals surface area contributed by atoms with E-state index in [1.54, 1.807) is 18.6 Å². The van der Waals surface area contributed by atoms with E-state index in [-0.39, 0.29) is 25.2 Å². The number of hydrogen-bond donors (Lipinski definition) is 2. The molecule has 3 aromatic rings. The minimum absolute atomic E-state index is 0.0216.